The number of ether oxygens (including phenoxy) is 3. The molecular formula is C25H32N2O5. The highest BCUT2D eigenvalue weighted by Crippen LogP contribution is 2.34. The second-order valence-corrected chi connectivity index (χ2v) is 8.11. The molecule has 1 heterocycles. The number of benzene rings is 2. The van der Waals surface area contributed by atoms with E-state index in [2.05, 4.69) is 5.32 Å². The Balaban J connectivity index is 1.68. The Labute approximate surface area is 189 Å². The molecule has 7 nitrogen and oxygen atoms in total. The van der Waals surface area contributed by atoms with Crippen LogP contribution in [0.4, 0.5) is 5.69 Å². The van der Waals surface area contributed by atoms with Gasteiger partial charge in [-0.3, -0.25) is 9.59 Å². The maximum atomic E-state index is 13.0. The molecule has 0 saturated carbocycles. The number of nitrogens with one attached hydrogen (secondary N) is 1. The van der Waals surface area contributed by atoms with Crippen LogP contribution in [0.1, 0.15) is 45.7 Å². The summed E-state index contributed by atoms with van der Waals surface area (Å²) in [5.41, 5.74) is 1.60. The molecule has 172 valence electrons. The fraction of sp³-hybridized carbons (Fsp3) is 0.440. The van der Waals surface area contributed by atoms with Crippen LogP contribution in [0.15, 0.2) is 42.5 Å². The molecule has 1 N–H and O–H groups in total. The third-order valence-electron chi connectivity index (χ3n) is 5.36. The number of anilines is 1. The zero-order chi connectivity index (χ0) is 23.3. The third-order valence-corrected chi connectivity index (χ3v) is 5.36. The molecule has 0 spiro atoms. The number of nitrogens with zero attached hydrogens (tertiary/aromatic N) is 1. The van der Waals surface area contributed by atoms with Crippen LogP contribution in [0.5, 0.6) is 17.2 Å². The minimum Gasteiger partial charge on any atom is -0.493 e. The lowest BCUT2D eigenvalue weighted by Crippen LogP contribution is -2.34. The molecule has 0 aromatic heterocycles. The molecule has 0 aliphatic carbocycles. The number of amides is 2. The van der Waals surface area contributed by atoms with E-state index in [9.17, 15) is 9.59 Å². The molecule has 2 amide bonds. The van der Waals surface area contributed by atoms with Gasteiger partial charge in [-0.05, 0) is 57.5 Å². The maximum Gasteiger partial charge on any atom is 0.227 e. The first-order valence-corrected chi connectivity index (χ1v) is 11.0. The van der Waals surface area contributed by atoms with Crippen LogP contribution in [0, 0.1) is 5.92 Å². The Morgan fingerprint density at radius 3 is 2.56 bits per heavy atom. The molecule has 2 unspecified atom stereocenters. The summed E-state index contributed by atoms with van der Waals surface area (Å²) in [4.78, 5) is 27.3. The fourth-order valence-electron chi connectivity index (χ4n) is 3.79. The summed E-state index contributed by atoms with van der Waals surface area (Å²) in [5, 5.41) is 3.04. The predicted octanol–water partition coefficient (Wildman–Crippen LogP) is 4.11. The smallest absolute Gasteiger partial charge is 0.227 e. The minimum absolute atomic E-state index is 0.0302. The van der Waals surface area contributed by atoms with Crippen LogP contribution in [-0.4, -0.2) is 38.2 Å². The summed E-state index contributed by atoms with van der Waals surface area (Å²) in [7, 11) is 1.59. The van der Waals surface area contributed by atoms with Crippen LogP contribution in [0.25, 0.3) is 0 Å². The van der Waals surface area contributed by atoms with Gasteiger partial charge >= 0.3 is 0 Å². The van der Waals surface area contributed by atoms with Crippen molar-refractivity contribution in [3.05, 3.63) is 48.0 Å². The zero-order valence-corrected chi connectivity index (χ0v) is 19.4. The van der Waals surface area contributed by atoms with Gasteiger partial charge in [-0.1, -0.05) is 18.2 Å². The Hall–Kier alpha value is -3.22. The molecule has 2 aromatic rings. The van der Waals surface area contributed by atoms with E-state index in [4.69, 9.17) is 14.2 Å². The lowest BCUT2D eigenvalue weighted by atomic mass is 10.0. The van der Waals surface area contributed by atoms with E-state index in [-0.39, 0.29) is 30.4 Å². The average molecular weight is 441 g/mol. The molecule has 3 rings (SSSR count). The van der Waals surface area contributed by atoms with E-state index in [0.29, 0.717) is 36.1 Å². The summed E-state index contributed by atoms with van der Waals surface area (Å²) in [6.45, 7) is 8.55. The van der Waals surface area contributed by atoms with Crippen molar-refractivity contribution in [1.82, 2.24) is 5.32 Å². The normalized spacial score (nSPS) is 16.8. The molecule has 1 fully saturated rings. The van der Waals surface area contributed by atoms with Crippen LogP contribution in [0.3, 0.4) is 0 Å². The summed E-state index contributed by atoms with van der Waals surface area (Å²) < 4.78 is 16.9. The minimum atomic E-state index is -0.426. The number of carbonyl (C=O) groups is 2. The summed E-state index contributed by atoms with van der Waals surface area (Å²) in [6, 6.07) is 12.8. The second-order valence-electron chi connectivity index (χ2n) is 8.11. The molecule has 1 saturated heterocycles. The number of rotatable bonds is 9. The van der Waals surface area contributed by atoms with Crippen LogP contribution >= 0.6 is 0 Å². The highest BCUT2D eigenvalue weighted by atomic mass is 16.5. The van der Waals surface area contributed by atoms with Gasteiger partial charge in [0.2, 0.25) is 11.8 Å². The van der Waals surface area contributed by atoms with Crippen molar-refractivity contribution in [2.75, 3.05) is 25.2 Å². The van der Waals surface area contributed by atoms with E-state index >= 15 is 0 Å². The quantitative estimate of drug-likeness (QED) is 0.635. The molecule has 0 bridgehead atoms. The molecule has 0 radical (unpaired) electrons. The molecule has 2 atom stereocenters. The summed E-state index contributed by atoms with van der Waals surface area (Å²) in [5.74, 6) is 1.27. The molecule has 1 aliphatic rings. The van der Waals surface area contributed by atoms with E-state index < -0.39 is 5.92 Å². The van der Waals surface area contributed by atoms with Gasteiger partial charge in [0, 0.05) is 13.0 Å². The predicted molar refractivity (Wildman–Crippen MR) is 123 cm³/mol. The molecule has 32 heavy (non-hydrogen) atoms. The number of hydrogen-bond donors (Lipinski definition) is 1. The van der Waals surface area contributed by atoms with Crippen molar-refractivity contribution in [2.45, 2.75) is 46.3 Å². The molecular weight excluding hydrogens is 408 g/mol. The van der Waals surface area contributed by atoms with Crippen molar-refractivity contribution in [2.24, 2.45) is 5.92 Å². The average Bonchev–Trinajstić information content (AvgIpc) is 3.15. The fourth-order valence-corrected chi connectivity index (χ4v) is 3.79. The van der Waals surface area contributed by atoms with E-state index in [1.54, 1.807) is 12.0 Å². The van der Waals surface area contributed by atoms with Crippen LogP contribution in [-0.2, 0) is 9.59 Å². The van der Waals surface area contributed by atoms with Crippen LogP contribution in [0.2, 0.25) is 0 Å². The standard InChI is InChI=1S/C25H32N2O5/c1-6-31-21-10-8-7-9-20(21)27-15-19(14-24(27)28)25(29)26-17(4)18-11-12-22(32-16(2)3)23(13-18)30-5/h7-13,16-17,19H,6,14-15H2,1-5H3,(H,26,29). The van der Waals surface area contributed by atoms with Gasteiger partial charge in [0.25, 0.3) is 0 Å². The third kappa shape index (κ3) is 5.33. The second kappa shape index (κ2) is 10.4. The first kappa shape index (κ1) is 23.4. The number of para-hydroxylation sites is 2. The Morgan fingerprint density at radius 2 is 1.88 bits per heavy atom. The van der Waals surface area contributed by atoms with Crippen molar-refractivity contribution < 1.29 is 23.8 Å². The van der Waals surface area contributed by atoms with Gasteiger partial charge in [0.05, 0.1) is 37.5 Å². The van der Waals surface area contributed by atoms with Crippen molar-refractivity contribution >= 4 is 17.5 Å². The first-order valence-electron chi connectivity index (χ1n) is 11.0. The monoisotopic (exact) mass is 440 g/mol. The van der Waals surface area contributed by atoms with Crippen LogP contribution < -0.4 is 24.4 Å². The topological polar surface area (TPSA) is 77.1 Å². The maximum absolute atomic E-state index is 13.0. The Bertz CT molecular complexity index is 959. The van der Waals surface area contributed by atoms with E-state index in [0.717, 1.165) is 5.56 Å². The highest BCUT2D eigenvalue weighted by molar-refractivity contribution is 6.01. The molecule has 1 aliphatic heterocycles. The van der Waals surface area contributed by atoms with E-state index in [1.807, 2.05) is 70.2 Å². The lowest BCUT2D eigenvalue weighted by molar-refractivity contribution is -0.126. The zero-order valence-electron chi connectivity index (χ0n) is 19.4. The number of hydrogen-bond acceptors (Lipinski definition) is 5. The van der Waals surface area contributed by atoms with E-state index in [1.165, 1.54) is 0 Å². The van der Waals surface area contributed by atoms with Crippen molar-refractivity contribution in [3.8, 4) is 17.2 Å². The number of carbonyl (C=O) groups excluding carboxylic acids is 2. The summed E-state index contributed by atoms with van der Waals surface area (Å²) in [6.07, 6.45) is 0.200. The van der Waals surface area contributed by atoms with Gasteiger partial charge < -0.3 is 24.4 Å². The SMILES string of the molecule is CCOc1ccccc1N1CC(C(=O)NC(C)c2ccc(OC(C)C)c(OC)c2)CC1=O. The van der Waals surface area contributed by atoms with Crippen molar-refractivity contribution in [3.63, 3.8) is 0 Å². The van der Waals surface area contributed by atoms with Crippen molar-refractivity contribution in [1.29, 1.82) is 0 Å². The van der Waals surface area contributed by atoms with Gasteiger partial charge in [-0.2, -0.15) is 0 Å². The largest absolute Gasteiger partial charge is 0.493 e. The Morgan fingerprint density at radius 1 is 1.12 bits per heavy atom. The Kier molecular flexibility index (Phi) is 7.62. The van der Waals surface area contributed by atoms with Gasteiger partial charge in [-0.15, -0.1) is 0 Å². The van der Waals surface area contributed by atoms with Gasteiger partial charge in [-0.25, -0.2) is 0 Å². The number of methoxy groups -OCH3 is 1. The van der Waals surface area contributed by atoms with Gasteiger partial charge in [0.1, 0.15) is 5.75 Å². The molecule has 2 aromatic carbocycles. The lowest BCUT2D eigenvalue weighted by Gasteiger charge is -2.21. The highest BCUT2D eigenvalue weighted by Gasteiger charge is 2.36. The molecule has 7 heteroatoms. The first-order chi connectivity index (χ1) is 15.3. The van der Waals surface area contributed by atoms with Gasteiger partial charge in [0.15, 0.2) is 11.5 Å². The summed E-state index contributed by atoms with van der Waals surface area (Å²) >= 11 is 0.